The minimum absolute atomic E-state index is 0.0219. The van der Waals surface area contributed by atoms with Gasteiger partial charge in [-0.05, 0) is 13.0 Å². The van der Waals surface area contributed by atoms with Gasteiger partial charge in [0.1, 0.15) is 0 Å². The zero-order chi connectivity index (χ0) is 10.7. The van der Waals surface area contributed by atoms with Crippen LogP contribution in [-0.4, -0.2) is 12.1 Å². The van der Waals surface area contributed by atoms with E-state index in [-0.39, 0.29) is 11.4 Å². The van der Waals surface area contributed by atoms with E-state index >= 15 is 0 Å². The Hall–Kier alpha value is -0.710. The number of nitrogens with zero attached hydrogens (tertiary/aromatic N) is 1. The van der Waals surface area contributed by atoms with E-state index in [9.17, 15) is 8.78 Å². The molecule has 0 aliphatic carbocycles. The number of halogens is 3. The van der Waals surface area contributed by atoms with Gasteiger partial charge in [-0.15, -0.1) is 0 Å². The molecule has 0 aliphatic rings. The average Bonchev–Trinajstić information content (AvgIpc) is 2.17. The van der Waals surface area contributed by atoms with Gasteiger partial charge >= 0.3 is 0 Å². The van der Waals surface area contributed by atoms with E-state index in [4.69, 9.17) is 4.74 Å². The Morgan fingerprint density at radius 2 is 2.21 bits per heavy atom. The predicted octanol–water partition coefficient (Wildman–Crippen LogP) is 3.23. The maximum Gasteiger partial charge on any atom is 0.264 e. The van der Waals surface area contributed by atoms with Crippen LogP contribution in [0.4, 0.5) is 8.78 Å². The number of hydrogen-bond acceptors (Lipinski definition) is 2. The van der Waals surface area contributed by atoms with Crippen LogP contribution in [0, 0.1) is 6.92 Å². The standard InChI is InChI=1S/C9H10BrF2NO/c1-5-7(8(11)12)3-6(4-10)13-9(5)14-2/h3,8H,4H2,1-2H3. The molecule has 1 aromatic rings. The first kappa shape index (κ1) is 11.4. The fourth-order valence-electron chi connectivity index (χ4n) is 1.15. The van der Waals surface area contributed by atoms with Gasteiger partial charge in [-0.2, -0.15) is 0 Å². The molecule has 0 bridgehead atoms. The fourth-order valence-corrected chi connectivity index (χ4v) is 1.44. The molecule has 0 spiro atoms. The molecular formula is C9H10BrF2NO. The summed E-state index contributed by atoms with van der Waals surface area (Å²) in [4.78, 5) is 4.05. The van der Waals surface area contributed by atoms with Crippen LogP contribution in [0.15, 0.2) is 6.07 Å². The monoisotopic (exact) mass is 265 g/mol. The molecule has 0 unspecified atom stereocenters. The molecule has 2 nitrogen and oxygen atoms in total. The first-order valence-corrected chi connectivity index (χ1v) is 5.10. The lowest BCUT2D eigenvalue weighted by Gasteiger charge is -2.10. The second-order valence-corrected chi connectivity index (χ2v) is 3.33. The van der Waals surface area contributed by atoms with Crippen molar-refractivity contribution in [3.05, 3.63) is 22.9 Å². The Balaban J connectivity index is 3.27. The van der Waals surface area contributed by atoms with Crippen molar-refractivity contribution in [2.24, 2.45) is 0 Å². The third kappa shape index (κ3) is 2.20. The summed E-state index contributed by atoms with van der Waals surface area (Å²) in [5.41, 5.74) is 0.918. The predicted molar refractivity (Wildman–Crippen MR) is 53.1 cm³/mol. The van der Waals surface area contributed by atoms with Crippen molar-refractivity contribution >= 4 is 15.9 Å². The Kier molecular flexibility index (Phi) is 3.80. The maximum absolute atomic E-state index is 12.6. The zero-order valence-corrected chi connectivity index (χ0v) is 9.44. The minimum Gasteiger partial charge on any atom is -0.481 e. The van der Waals surface area contributed by atoms with E-state index in [0.717, 1.165) is 0 Å². The summed E-state index contributed by atoms with van der Waals surface area (Å²) >= 11 is 3.17. The Bertz CT molecular complexity index is 331. The Morgan fingerprint density at radius 3 is 2.64 bits per heavy atom. The average molecular weight is 266 g/mol. The molecule has 0 radical (unpaired) electrons. The SMILES string of the molecule is COc1nc(CBr)cc(C(F)F)c1C. The quantitative estimate of drug-likeness (QED) is 0.783. The van der Waals surface area contributed by atoms with Crippen LogP contribution in [0.3, 0.4) is 0 Å². The van der Waals surface area contributed by atoms with Gasteiger partial charge in [-0.25, -0.2) is 13.8 Å². The Morgan fingerprint density at radius 1 is 1.57 bits per heavy atom. The molecule has 78 valence electrons. The number of rotatable bonds is 3. The topological polar surface area (TPSA) is 22.1 Å². The van der Waals surface area contributed by atoms with Crippen LogP contribution in [-0.2, 0) is 5.33 Å². The first-order chi connectivity index (χ1) is 6.60. The van der Waals surface area contributed by atoms with E-state index in [1.807, 2.05) is 0 Å². The van der Waals surface area contributed by atoms with Crippen LogP contribution in [0.2, 0.25) is 0 Å². The number of pyridine rings is 1. The van der Waals surface area contributed by atoms with E-state index in [1.165, 1.54) is 13.2 Å². The molecule has 5 heteroatoms. The number of ether oxygens (including phenoxy) is 1. The number of hydrogen-bond donors (Lipinski definition) is 0. The highest BCUT2D eigenvalue weighted by atomic mass is 79.9. The molecule has 1 aromatic heterocycles. The molecule has 0 saturated carbocycles. The molecule has 1 rings (SSSR count). The van der Waals surface area contributed by atoms with Crippen molar-refractivity contribution in [2.45, 2.75) is 18.7 Å². The summed E-state index contributed by atoms with van der Waals surface area (Å²) in [5.74, 6) is 0.261. The summed E-state index contributed by atoms with van der Waals surface area (Å²) in [5, 5.41) is 0.434. The second-order valence-electron chi connectivity index (χ2n) is 2.77. The molecule has 14 heavy (non-hydrogen) atoms. The highest BCUT2D eigenvalue weighted by molar-refractivity contribution is 9.08. The van der Waals surface area contributed by atoms with E-state index in [1.54, 1.807) is 6.92 Å². The molecular weight excluding hydrogens is 256 g/mol. The van der Waals surface area contributed by atoms with Crippen molar-refractivity contribution in [3.8, 4) is 5.88 Å². The van der Waals surface area contributed by atoms with Gasteiger partial charge in [0.2, 0.25) is 5.88 Å². The molecule has 0 atom stereocenters. The molecule has 0 N–H and O–H groups in total. The largest absolute Gasteiger partial charge is 0.481 e. The van der Waals surface area contributed by atoms with Gasteiger partial charge in [-0.1, -0.05) is 15.9 Å². The van der Waals surface area contributed by atoms with Crippen LogP contribution in [0.25, 0.3) is 0 Å². The van der Waals surface area contributed by atoms with Crippen molar-refractivity contribution in [1.29, 1.82) is 0 Å². The van der Waals surface area contributed by atoms with Crippen LogP contribution < -0.4 is 4.74 Å². The van der Waals surface area contributed by atoms with Crippen LogP contribution in [0.1, 0.15) is 23.2 Å². The molecule has 1 heterocycles. The third-order valence-corrected chi connectivity index (χ3v) is 2.46. The first-order valence-electron chi connectivity index (χ1n) is 3.98. The lowest BCUT2D eigenvalue weighted by molar-refractivity contribution is 0.149. The van der Waals surface area contributed by atoms with Gasteiger partial charge in [-0.3, -0.25) is 0 Å². The summed E-state index contributed by atoms with van der Waals surface area (Å²) in [6.45, 7) is 1.57. The fraction of sp³-hybridized carbons (Fsp3) is 0.444. The van der Waals surface area contributed by atoms with Gasteiger partial charge in [0.05, 0.1) is 12.8 Å². The molecule has 0 aromatic carbocycles. The Labute approximate surface area is 89.4 Å². The van der Waals surface area contributed by atoms with Gasteiger partial charge < -0.3 is 4.74 Å². The van der Waals surface area contributed by atoms with E-state index in [2.05, 4.69) is 20.9 Å². The number of methoxy groups -OCH3 is 1. The molecule has 0 amide bonds. The third-order valence-electron chi connectivity index (χ3n) is 1.89. The summed E-state index contributed by atoms with van der Waals surface area (Å²) in [7, 11) is 1.42. The van der Waals surface area contributed by atoms with Gasteiger partial charge in [0, 0.05) is 16.5 Å². The molecule has 0 aliphatic heterocycles. The lowest BCUT2D eigenvalue weighted by Crippen LogP contribution is -2.00. The summed E-state index contributed by atoms with van der Waals surface area (Å²) in [6.07, 6.45) is -2.50. The van der Waals surface area contributed by atoms with Gasteiger partial charge in [0.15, 0.2) is 0 Å². The van der Waals surface area contributed by atoms with E-state index < -0.39 is 6.43 Å². The van der Waals surface area contributed by atoms with Crippen molar-refractivity contribution < 1.29 is 13.5 Å². The highest BCUT2D eigenvalue weighted by Crippen LogP contribution is 2.28. The zero-order valence-electron chi connectivity index (χ0n) is 7.85. The molecule has 0 fully saturated rings. The van der Waals surface area contributed by atoms with Gasteiger partial charge in [0.25, 0.3) is 6.43 Å². The van der Waals surface area contributed by atoms with E-state index in [0.29, 0.717) is 16.6 Å². The summed E-state index contributed by atoms with van der Waals surface area (Å²) in [6, 6.07) is 1.39. The summed E-state index contributed by atoms with van der Waals surface area (Å²) < 4.78 is 30.0. The van der Waals surface area contributed by atoms with Crippen LogP contribution in [0.5, 0.6) is 5.88 Å². The van der Waals surface area contributed by atoms with Crippen molar-refractivity contribution in [2.75, 3.05) is 7.11 Å². The number of alkyl halides is 3. The van der Waals surface area contributed by atoms with Crippen LogP contribution >= 0.6 is 15.9 Å². The maximum atomic E-state index is 12.6. The van der Waals surface area contributed by atoms with Crippen molar-refractivity contribution in [3.63, 3.8) is 0 Å². The highest BCUT2D eigenvalue weighted by Gasteiger charge is 2.16. The molecule has 0 saturated heterocycles. The van der Waals surface area contributed by atoms with Crippen molar-refractivity contribution in [1.82, 2.24) is 4.98 Å². The lowest BCUT2D eigenvalue weighted by atomic mass is 10.1. The number of aromatic nitrogens is 1. The second kappa shape index (κ2) is 4.68. The normalized spacial score (nSPS) is 10.7. The smallest absolute Gasteiger partial charge is 0.264 e. The minimum atomic E-state index is -2.50.